The molecular weight excluding hydrogens is 350 g/mol. The van der Waals surface area contributed by atoms with Crippen molar-refractivity contribution in [1.82, 2.24) is 19.9 Å². The van der Waals surface area contributed by atoms with E-state index < -0.39 is 0 Å². The van der Waals surface area contributed by atoms with E-state index >= 15 is 0 Å². The second kappa shape index (κ2) is 6.46. The number of hydrogen-bond donors (Lipinski definition) is 1. The number of nitrogens with zero attached hydrogens (tertiary/aromatic N) is 4. The molecule has 128 valence electrons. The van der Waals surface area contributed by atoms with Gasteiger partial charge in [-0.25, -0.2) is 15.0 Å². The van der Waals surface area contributed by atoms with Gasteiger partial charge in [0.25, 0.3) is 0 Å². The minimum absolute atomic E-state index is 0.521. The van der Waals surface area contributed by atoms with Crippen LogP contribution in [0.3, 0.4) is 0 Å². The van der Waals surface area contributed by atoms with Crippen molar-refractivity contribution < 1.29 is 9.47 Å². The zero-order chi connectivity index (χ0) is 18.1. The lowest BCUT2D eigenvalue weighted by Crippen LogP contribution is -1.95. The number of ether oxygens (including phenoxy) is 2. The average Bonchev–Trinajstić information content (AvgIpc) is 3.35. The first-order chi connectivity index (χ1) is 12.7. The molecule has 0 fully saturated rings. The summed E-state index contributed by atoms with van der Waals surface area (Å²) in [5, 5.41) is 9.06. The fourth-order valence-electron chi connectivity index (χ4n) is 2.61. The van der Waals surface area contributed by atoms with Gasteiger partial charge in [-0.1, -0.05) is 0 Å². The Balaban J connectivity index is 1.95. The minimum atomic E-state index is 0.521. The number of nitrogens with one attached hydrogen (secondary N) is 1. The Kier molecular flexibility index (Phi) is 3.99. The Morgan fingerprint density at radius 3 is 2.50 bits per heavy atom. The maximum atomic E-state index is 9.06. The molecule has 0 radical (unpaired) electrons. The fraction of sp³-hybridized carbons (Fsp3) is 0.111. The zero-order valence-corrected chi connectivity index (χ0v) is 14.8. The van der Waals surface area contributed by atoms with Crippen LogP contribution in [0, 0.1) is 11.3 Å². The maximum Gasteiger partial charge on any atom is 0.181 e. The van der Waals surface area contributed by atoms with E-state index in [0.717, 1.165) is 16.0 Å². The van der Waals surface area contributed by atoms with Crippen LogP contribution in [0.5, 0.6) is 11.5 Å². The molecule has 3 heterocycles. The first-order valence-electron chi connectivity index (χ1n) is 7.66. The largest absolute Gasteiger partial charge is 0.497 e. The van der Waals surface area contributed by atoms with E-state index in [1.54, 1.807) is 32.7 Å². The average molecular weight is 363 g/mol. The van der Waals surface area contributed by atoms with Crippen molar-refractivity contribution in [3.05, 3.63) is 41.5 Å². The number of thiophene rings is 1. The van der Waals surface area contributed by atoms with Crippen molar-refractivity contribution in [3.8, 4) is 39.5 Å². The van der Waals surface area contributed by atoms with Crippen LogP contribution in [0.15, 0.2) is 36.7 Å². The number of hydrogen-bond acceptors (Lipinski definition) is 7. The van der Waals surface area contributed by atoms with Crippen molar-refractivity contribution in [1.29, 1.82) is 5.26 Å². The second-order valence-electron chi connectivity index (χ2n) is 5.37. The molecule has 0 saturated heterocycles. The summed E-state index contributed by atoms with van der Waals surface area (Å²) < 4.78 is 10.7. The highest BCUT2D eigenvalue weighted by Crippen LogP contribution is 2.34. The lowest BCUT2D eigenvalue weighted by atomic mass is 10.1. The minimum Gasteiger partial charge on any atom is -0.497 e. The van der Waals surface area contributed by atoms with Crippen LogP contribution in [0.2, 0.25) is 0 Å². The van der Waals surface area contributed by atoms with Gasteiger partial charge >= 0.3 is 0 Å². The monoisotopic (exact) mass is 363 g/mol. The van der Waals surface area contributed by atoms with Gasteiger partial charge in [0.2, 0.25) is 0 Å². The molecule has 0 atom stereocenters. The molecule has 4 rings (SSSR count). The van der Waals surface area contributed by atoms with E-state index in [-0.39, 0.29) is 0 Å². The van der Waals surface area contributed by atoms with E-state index in [0.29, 0.717) is 33.5 Å². The predicted molar refractivity (Wildman–Crippen MR) is 98.3 cm³/mol. The third-order valence-electron chi connectivity index (χ3n) is 3.85. The molecule has 0 aliphatic rings. The van der Waals surface area contributed by atoms with Crippen LogP contribution in [0.1, 0.15) is 4.88 Å². The van der Waals surface area contributed by atoms with Crippen LogP contribution >= 0.6 is 11.3 Å². The summed E-state index contributed by atoms with van der Waals surface area (Å²) in [6.07, 6.45) is 1.58. The van der Waals surface area contributed by atoms with Crippen LogP contribution in [0.25, 0.3) is 33.1 Å². The van der Waals surface area contributed by atoms with Gasteiger partial charge in [-0.05, 0) is 24.3 Å². The number of H-pyrrole nitrogens is 1. The summed E-state index contributed by atoms with van der Waals surface area (Å²) in [6.45, 7) is 0. The first-order valence-corrected chi connectivity index (χ1v) is 8.48. The molecule has 1 N–H and O–H groups in total. The maximum absolute atomic E-state index is 9.06. The molecule has 0 unspecified atom stereocenters. The van der Waals surface area contributed by atoms with Gasteiger partial charge in [0.05, 0.1) is 25.4 Å². The van der Waals surface area contributed by atoms with Crippen LogP contribution in [-0.2, 0) is 0 Å². The molecule has 0 saturated carbocycles. The summed E-state index contributed by atoms with van der Waals surface area (Å²) in [5.41, 5.74) is 2.78. The van der Waals surface area contributed by atoms with Crippen molar-refractivity contribution >= 4 is 22.5 Å². The number of aromatic nitrogens is 4. The van der Waals surface area contributed by atoms with Crippen molar-refractivity contribution in [2.45, 2.75) is 0 Å². The van der Waals surface area contributed by atoms with Crippen molar-refractivity contribution in [3.63, 3.8) is 0 Å². The number of fused-ring (bicyclic) bond motifs is 1. The smallest absolute Gasteiger partial charge is 0.181 e. The lowest BCUT2D eigenvalue weighted by molar-refractivity contribution is 0.394. The molecule has 4 aromatic rings. The molecule has 0 amide bonds. The van der Waals surface area contributed by atoms with Gasteiger partial charge in [0.15, 0.2) is 11.5 Å². The predicted octanol–water partition coefficient (Wildman–Crippen LogP) is 3.64. The Morgan fingerprint density at radius 1 is 1.08 bits per heavy atom. The second-order valence-corrected chi connectivity index (χ2v) is 6.46. The molecule has 0 aliphatic carbocycles. The van der Waals surface area contributed by atoms with Crippen molar-refractivity contribution in [2.75, 3.05) is 14.2 Å². The molecule has 0 spiro atoms. The summed E-state index contributed by atoms with van der Waals surface area (Å²) in [5.74, 6) is 1.85. The van der Waals surface area contributed by atoms with E-state index in [1.165, 1.54) is 11.3 Å². The Bertz CT molecular complexity index is 1120. The Labute approximate surface area is 152 Å². The molecule has 0 aliphatic heterocycles. The number of aromatic amines is 1. The van der Waals surface area contributed by atoms with E-state index in [9.17, 15) is 0 Å². The topological polar surface area (TPSA) is 96.7 Å². The molecule has 0 bridgehead atoms. The quantitative estimate of drug-likeness (QED) is 0.594. The van der Waals surface area contributed by atoms with Gasteiger partial charge < -0.3 is 14.5 Å². The standard InChI is InChI=1S/C18H13N5O2S/c1-24-11-5-10(6-12(7-11)25-2)15-16-18(21-9-20-16)23-17(22-15)14-4-3-13(8-19)26-14/h3-7,9H,1-2H3,(H,20,21,22,23). The lowest BCUT2D eigenvalue weighted by Gasteiger charge is -2.09. The van der Waals surface area contributed by atoms with Crippen LogP contribution < -0.4 is 9.47 Å². The molecular formula is C18H13N5O2S. The number of nitriles is 1. The summed E-state index contributed by atoms with van der Waals surface area (Å²) in [7, 11) is 3.20. The number of benzene rings is 1. The molecule has 8 heteroatoms. The van der Waals surface area contributed by atoms with Gasteiger partial charge in [-0.3, -0.25) is 0 Å². The highest BCUT2D eigenvalue weighted by molar-refractivity contribution is 7.15. The van der Waals surface area contributed by atoms with Gasteiger partial charge in [0, 0.05) is 11.6 Å². The zero-order valence-electron chi connectivity index (χ0n) is 14.0. The van der Waals surface area contributed by atoms with E-state index in [1.807, 2.05) is 18.2 Å². The van der Waals surface area contributed by atoms with Gasteiger partial charge in [-0.2, -0.15) is 5.26 Å². The van der Waals surface area contributed by atoms with Gasteiger partial charge in [-0.15, -0.1) is 11.3 Å². The first kappa shape index (κ1) is 16.1. The number of rotatable bonds is 4. The SMILES string of the molecule is COc1cc(OC)cc(-c2nc(-c3ccc(C#N)s3)nc3nc[nH]c23)c1. The number of methoxy groups -OCH3 is 2. The fourth-order valence-corrected chi connectivity index (χ4v) is 3.35. The molecule has 1 aromatic carbocycles. The Morgan fingerprint density at radius 2 is 1.85 bits per heavy atom. The highest BCUT2D eigenvalue weighted by atomic mass is 32.1. The third-order valence-corrected chi connectivity index (χ3v) is 4.83. The van der Waals surface area contributed by atoms with Crippen LogP contribution in [0.4, 0.5) is 0 Å². The van der Waals surface area contributed by atoms with E-state index in [2.05, 4.69) is 21.0 Å². The van der Waals surface area contributed by atoms with Gasteiger partial charge in [0.1, 0.15) is 33.7 Å². The van der Waals surface area contributed by atoms with Crippen LogP contribution in [-0.4, -0.2) is 34.2 Å². The normalized spacial score (nSPS) is 10.7. The summed E-state index contributed by atoms with van der Waals surface area (Å²) in [6, 6.07) is 11.3. The summed E-state index contributed by atoms with van der Waals surface area (Å²) in [4.78, 5) is 18.0. The molecule has 7 nitrogen and oxygen atoms in total. The summed E-state index contributed by atoms with van der Waals surface area (Å²) >= 11 is 1.34. The number of imidazole rings is 1. The molecule has 26 heavy (non-hydrogen) atoms. The third kappa shape index (κ3) is 2.74. The Hall–Kier alpha value is -3.44. The highest BCUT2D eigenvalue weighted by Gasteiger charge is 2.16. The van der Waals surface area contributed by atoms with E-state index in [4.69, 9.17) is 19.7 Å². The van der Waals surface area contributed by atoms with Crippen molar-refractivity contribution in [2.24, 2.45) is 0 Å². The molecule has 3 aromatic heterocycles.